The molecule has 6 nitrogen and oxygen atoms in total. The zero-order valence-electron chi connectivity index (χ0n) is 10.4. The van der Waals surface area contributed by atoms with Crippen LogP contribution < -0.4 is 0 Å². The SMILES string of the molecule is Oc1cccc(O)c1-c1nc(Cc2ccccn2)no1. The van der Waals surface area contributed by atoms with Crippen molar-refractivity contribution in [1.82, 2.24) is 15.1 Å². The summed E-state index contributed by atoms with van der Waals surface area (Å²) in [6.45, 7) is 0. The largest absolute Gasteiger partial charge is 0.507 e. The lowest BCUT2D eigenvalue weighted by Gasteiger charge is -2.00. The van der Waals surface area contributed by atoms with E-state index in [1.807, 2.05) is 18.2 Å². The minimum atomic E-state index is -0.113. The third-order valence-electron chi connectivity index (χ3n) is 2.77. The summed E-state index contributed by atoms with van der Waals surface area (Å²) in [7, 11) is 0. The van der Waals surface area contributed by atoms with Crippen LogP contribution in [0.3, 0.4) is 0 Å². The van der Waals surface area contributed by atoms with E-state index in [0.717, 1.165) is 5.69 Å². The van der Waals surface area contributed by atoms with Gasteiger partial charge in [-0.3, -0.25) is 4.98 Å². The van der Waals surface area contributed by atoms with Gasteiger partial charge in [-0.2, -0.15) is 4.98 Å². The average molecular weight is 269 g/mol. The van der Waals surface area contributed by atoms with Gasteiger partial charge < -0.3 is 14.7 Å². The van der Waals surface area contributed by atoms with Crippen LogP contribution in [-0.2, 0) is 6.42 Å². The average Bonchev–Trinajstić information content (AvgIpc) is 2.88. The molecule has 2 aromatic heterocycles. The molecule has 0 saturated carbocycles. The number of phenolic OH excluding ortho intramolecular Hbond substituents is 2. The van der Waals surface area contributed by atoms with Crippen molar-refractivity contribution in [2.24, 2.45) is 0 Å². The third-order valence-corrected chi connectivity index (χ3v) is 2.77. The topological polar surface area (TPSA) is 92.3 Å². The van der Waals surface area contributed by atoms with Crippen molar-refractivity contribution in [3.05, 3.63) is 54.1 Å². The van der Waals surface area contributed by atoms with E-state index < -0.39 is 0 Å². The Morgan fingerprint density at radius 2 is 1.80 bits per heavy atom. The summed E-state index contributed by atoms with van der Waals surface area (Å²) < 4.78 is 5.08. The van der Waals surface area contributed by atoms with E-state index >= 15 is 0 Å². The quantitative estimate of drug-likeness (QED) is 0.756. The molecule has 3 aromatic rings. The van der Waals surface area contributed by atoms with Crippen molar-refractivity contribution >= 4 is 0 Å². The third kappa shape index (κ3) is 2.31. The number of aromatic nitrogens is 3. The second kappa shape index (κ2) is 5.00. The molecule has 2 heterocycles. The van der Waals surface area contributed by atoms with E-state index in [1.165, 1.54) is 18.2 Å². The Hall–Kier alpha value is -2.89. The molecule has 20 heavy (non-hydrogen) atoms. The molecule has 0 aliphatic rings. The fourth-order valence-electron chi connectivity index (χ4n) is 1.84. The summed E-state index contributed by atoms with van der Waals surface area (Å²) in [4.78, 5) is 8.33. The van der Waals surface area contributed by atoms with Crippen molar-refractivity contribution < 1.29 is 14.7 Å². The molecule has 0 aliphatic heterocycles. The molecule has 0 radical (unpaired) electrons. The first-order chi connectivity index (χ1) is 9.74. The van der Waals surface area contributed by atoms with Crippen LogP contribution in [0.15, 0.2) is 47.1 Å². The number of pyridine rings is 1. The molecule has 1 aromatic carbocycles. The second-order valence-electron chi connectivity index (χ2n) is 4.18. The lowest BCUT2D eigenvalue weighted by molar-refractivity contribution is 0.410. The molecule has 3 rings (SSSR count). The number of hydrogen-bond donors (Lipinski definition) is 2. The van der Waals surface area contributed by atoms with E-state index in [4.69, 9.17) is 4.52 Å². The van der Waals surface area contributed by atoms with Gasteiger partial charge in [0.15, 0.2) is 5.82 Å². The maximum atomic E-state index is 9.74. The number of aromatic hydroxyl groups is 2. The molecule has 0 atom stereocenters. The normalized spacial score (nSPS) is 10.6. The highest BCUT2D eigenvalue weighted by molar-refractivity contribution is 5.69. The molecule has 100 valence electrons. The molecule has 6 heteroatoms. The highest BCUT2D eigenvalue weighted by Gasteiger charge is 2.17. The van der Waals surface area contributed by atoms with Crippen molar-refractivity contribution in [3.63, 3.8) is 0 Å². The minimum absolute atomic E-state index is 0.0755. The van der Waals surface area contributed by atoms with Crippen LogP contribution in [0.5, 0.6) is 11.5 Å². The van der Waals surface area contributed by atoms with Gasteiger partial charge >= 0.3 is 0 Å². The molecular weight excluding hydrogens is 258 g/mol. The number of hydrogen-bond acceptors (Lipinski definition) is 6. The van der Waals surface area contributed by atoms with Crippen LogP contribution in [0.4, 0.5) is 0 Å². The lowest BCUT2D eigenvalue weighted by atomic mass is 10.2. The molecule has 0 saturated heterocycles. The molecule has 0 unspecified atom stereocenters. The molecule has 0 bridgehead atoms. The van der Waals surface area contributed by atoms with Crippen LogP contribution in [0, 0.1) is 0 Å². The van der Waals surface area contributed by atoms with Gasteiger partial charge in [-0.05, 0) is 24.3 Å². The zero-order chi connectivity index (χ0) is 13.9. The fourth-order valence-corrected chi connectivity index (χ4v) is 1.84. The highest BCUT2D eigenvalue weighted by Crippen LogP contribution is 2.35. The summed E-state index contributed by atoms with van der Waals surface area (Å²) in [6.07, 6.45) is 2.10. The second-order valence-corrected chi connectivity index (χ2v) is 4.18. The van der Waals surface area contributed by atoms with E-state index in [1.54, 1.807) is 6.20 Å². The first-order valence-electron chi connectivity index (χ1n) is 5.98. The Balaban J connectivity index is 1.91. The Morgan fingerprint density at radius 3 is 2.50 bits per heavy atom. The molecule has 0 spiro atoms. The van der Waals surface area contributed by atoms with Crippen molar-refractivity contribution in [1.29, 1.82) is 0 Å². The summed E-state index contributed by atoms with van der Waals surface area (Å²) in [5.41, 5.74) is 0.939. The Labute approximate surface area is 114 Å². The standard InChI is InChI=1S/C14H11N3O3/c18-10-5-3-6-11(19)13(10)14-16-12(17-20-14)8-9-4-1-2-7-15-9/h1-7,18-19H,8H2. The molecule has 0 aliphatic carbocycles. The lowest BCUT2D eigenvalue weighted by Crippen LogP contribution is -1.93. The predicted molar refractivity (Wildman–Crippen MR) is 70.1 cm³/mol. The van der Waals surface area contributed by atoms with Gasteiger partial charge in [0.05, 0.1) is 6.42 Å². The number of rotatable bonds is 3. The summed E-state index contributed by atoms with van der Waals surface area (Å²) in [5, 5.41) is 23.3. The smallest absolute Gasteiger partial charge is 0.265 e. The van der Waals surface area contributed by atoms with Crippen molar-refractivity contribution in [2.75, 3.05) is 0 Å². The summed E-state index contributed by atoms with van der Waals surface area (Å²) in [5.74, 6) is 0.281. The van der Waals surface area contributed by atoms with Gasteiger partial charge in [0.2, 0.25) is 0 Å². The molecule has 2 N–H and O–H groups in total. The van der Waals surface area contributed by atoms with Crippen LogP contribution >= 0.6 is 0 Å². The van der Waals surface area contributed by atoms with Gasteiger partial charge in [-0.25, -0.2) is 0 Å². The van der Waals surface area contributed by atoms with Crippen molar-refractivity contribution in [3.8, 4) is 23.0 Å². The first-order valence-corrected chi connectivity index (χ1v) is 5.98. The van der Waals surface area contributed by atoms with Crippen molar-refractivity contribution in [2.45, 2.75) is 6.42 Å². The Morgan fingerprint density at radius 1 is 1.00 bits per heavy atom. The van der Waals surface area contributed by atoms with Gasteiger partial charge in [-0.15, -0.1) is 0 Å². The number of nitrogens with zero attached hydrogens (tertiary/aromatic N) is 3. The van der Waals surface area contributed by atoms with E-state index in [-0.39, 0.29) is 23.0 Å². The summed E-state index contributed by atoms with van der Waals surface area (Å²) >= 11 is 0. The van der Waals surface area contributed by atoms with E-state index in [0.29, 0.717) is 12.2 Å². The number of phenols is 2. The fraction of sp³-hybridized carbons (Fsp3) is 0.0714. The van der Waals surface area contributed by atoms with Gasteiger partial charge in [0.25, 0.3) is 5.89 Å². The van der Waals surface area contributed by atoms with Crippen LogP contribution in [-0.4, -0.2) is 25.3 Å². The maximum Gasteiger partial charge on any atom is 0.265 e. The van der Waals surface area contributed by atoms with E-state index in [2.05, 4.69) is 15.1 Å². The Kier molecular flexibility index (Phi) is 3.04. The van der Waals surface area contributed by atoms with Gasteiger partial charge in [-0.1, -0.05) is 17.3 Å². The van der Waals surface area contributed by atoms with Crippen LogP contribution in [0.2, 0.25) is 0 Å². The monoisotopic (exact) mass is 269 g/mol. The van der Waals surface area contributed by atoms with Crippen LogP contribution in [0.1, 0.15) is 11.5 Å². The summed E-state index contributed by atoms with van der Waals surface area (Å²) in [6, 6.07) is 9.96. The zero-order valence-corrected chi connectivity index (χ0v) is 10.4. The Bertz CT molecular complexity index is 705. The predicted octanol–water partition coefficient (Wildman–Crippen LogP) is 2.13. The molecular formula is C14H11N3O3. The maximum absolute atomic E-state index is 9.74. The molecule has 0 fully saturated rings. The number of benzene rings is 1. The highest BCUT2D eigenvalue weighted by atomic mass is 16.5. The van der Waals surface area contributed by atoms with Gasteiger partial charge in [0, 0.05) is 11.9 Å². The minimum Gasteiger partial charge on any atom is -0.507 e. The van der Waals surface area contributed by atoms with Crippen LogP contribution in [0.25, 0.3) is 11.5 Å². The molecule has 0 amide bonds. The van der Waals surface area contributed by atoms with Gasteiger partial charge in [0.1, 0.15) is 17.1 Å². The first kappa shape index (κ1) is 12.2. The van der Waals surface area contributed by atoms with E-state index in [9.17, 15) is 10.2 Å².